The van der Waals surface area contributed by atoms with Gasteiger partial charge in [0.2, 0.25) is 0 Å². The normalized spacial score (nSPS) is 12.3. The SMILES string of the molecule is Cc1cc(NC(=O)NC(C)c2nc3ccccc3[nH]2)no1. The number of carbonyl (C=O) groups excluding carboxylic acids is 1. The van der Waals surface area contributed by atoms with E-state index >= 15 is 0 Å². The molecule has 2 aromatic heterocycles. The van der Waals surface area contributed by atoms with Crippen LogP contribution in [0, 0.1) is 6.92 Å². The first-order valence-electron chi connectivity index (χ1n) is 6.57. The minimum Gasteiger partial charge on any atom is -0.360 e. The zero-order valence-electron chi connectivity index (χ0n) is 11.7. The van der Waals surface area contributed by atoms with E-state index in [2.05, 4.69) is 25.8 Å². The summed E-state index contributed by atoms with van der Waals surface area (Å²) in [5.41, 5.74) is 1.81. The number of hydrogen-bond donors (Lipinski definition) is 3. The summed E-state index contributed by atoms with van der Waals surface area (Å²) in [5.74, 6) is 1.71. The number of amides is 2. The second kappa shape index (κ2) is 5.28. The smallest absolute Gasteiger partial charge is 0.321 e. The summed E-state index contributed by atoms with van der Waals surface area (Å²) in [7, 11) is 0. The number of H-pyrrole nitrogens is 1. The molecule has 2 heterocycles. The van der Waals surface area contributed by atoms with E-state index in [0.29, 0.717) is 17.4 Å². The van der Waals surface area contributed by atoms with Gasteiger partial charge < -0.3 is 14.8 Å². The van der Waals surface area contributed by atoms with E-state index in [-0.39, 0.29) is 12.1 Å². The number of fused-ring (bicyclic) bond motifs is 1. The first-order valence-corrected chi connectivity index (χ1v) is 6.57. The highest BCUT2D eigenvalue weighted by atomic mass is 16.5. The van der Waals surface area contributed by atoms with Crippen molar-refractivity contribution in [3.8, 4) is 0 Å². The topological polar surface area (TPSA) is 95.8 Å². The average Bonchev–Trinajstić information content (AvgIpc) is 3.04. The molecule has 0 saturated carbocycles. The van der Waals surface area contributed by atoms with Crippen molar-refractivity contribution in [2.24, 2.45) is 0 Å². The molecule has 1 unspecified atom stereocenters. The molecule has 0 radical (unpaired) electrons. The summed E-state index contributed by atoms with van der Waals surface area (Å²) in [6.45, 7) is 3.61. The molecule has 0 bridgehead atoms. The Morgan fingerprint density at radius 3 is 2.90 bits per heavy atom. The number of aromatic nitrogens is 3. The number of aryl methyl sites for hydroxylation is 1. The lowest BCUT2D eigenvalue weighted by Gasteiger charge is -2.11. The van der Waals surface area contributed by atoms with Crippen LogP contribution >= 0.6 is 0 Å². The molecular formula is C14H15N5O2. The molecule has 1 aromatic carbocycles. The van der Waals surface area contributed by atoms with Gasteiger partial charge in [0.15, 0.2) is 5.82 Å². The predicted octanol–water partition coefficient (Wildman–Crippen LogP) is 2.74. The van der Waals surface area contributed by atoms with Crippen molar-refractivity contribution in [3.63, 3.8) is 0 Å². The summed E-state index contributed by atoms with van der Waals surface area (Å²) in [4.78, 5) is 19.5. The number of rotatable bonds is 3. The zero-order chi connectivity index (χ0) is 14.8. The molecule has 3 rings (SSSR count). The third-order valence-electron chi connectivity index (χ3n) is 3.04. The molecule has 7 nitrogen and oxygen atoms in total. The quantitative estimate of drug-likeness (QED) is 0.689. The molecule has 3 aromatic rings. The van der Waals surface area contributed by atoms with Crippen LogP contribution in [0.1, 0.15) is 24.6 Å². The Morgan fingerprint density at radius 2 is 2.19 bits per heavy atom. The molecule has 3 N–H and O–H groups in total. The van der Waals surface area contributed by atoms with Crippen LogP contribution in [-0.2, 0) is 0 Å². The van der Waals surface area contributed by atoms with E-state index in [9.17, 15) is 4.79 Å². The number of benzene rings is 1. The van der Waals surface area contributed by atoms with Crippen LogP contribution in [0.4, 0.5) is 10.6 Å². The van der Waals surface area contributed by atoms with E-state index in [4.69, 9.17) is 4.52 Å². The fraction of sp³-hybridized carbons (Fsp3) is 0.214. The number of hydrogen-bond acceptors (Lipinski definition) is 4. The molecule has 108 valence electrons. The molecule has 1 atom stereocenters. The molecule has 21 heavy (non-hydrogen) atoms. The van der Waals surface area contributed by atoms with Crippen LogP contribution in [0.3, 0.4) is 0 Å². The Morgan fingerprint density at radius 1 is 1.38 bits per heavy atom. The number of urea groups is 1. The maximum Gasteiger partial charge on any atom is 0.321 e. The van der Waals surface area contributed by atoms with Gasteiger partial charge in [0.05, 0.1) is 17.1 Å². The van der Waals surface area contributed by atoms with Crippen molar-refractivity contribution >= 4 is 22.9 Å². The van der Waals surface area contributed by atoms with Gasteiger partial charge in [0.1, 0.15) is 11.6 Å². The van der Waals surface area contributed by atoms with Crippen LogP contribution in [0.15, 0.2) is 34.9 Å². The molecule has 0 aliphatic rings. The van der Waals surface area contributed by atoms with Gasteiger partial charge in [-0.05, 0) is 26.0 Å². The molecule has 7 heteroatoms. The summed E-state index contributed by atoms with van der Waals surface area (Å²) in [5, 5.41) is 9.09. The van der Waals surface area contributed by atoms with Gasteiger partial charge in [0.25, 0.3) is 0 Å². The third kappa shape index (κ3) is 2.86. The Kier molecular flexibility index (Phi) is 3.31. The lowest BCUT2D eigenvalue weighted by atomic mass is 10.3. The summed E-state index contributed by atoms with van der Waals surface area (Å²) >= 11 is 0. The maximum atomic E-state index is 11.9. The van der Waals surface area contributed by atoms with Crippen LogP contribution in [0.5, 0.6) is 0 Å². The second-order valence-corrected chi connectivity index (χ2v) is 4.78. The van der Waals surface area contributed by atoms with Gasteiger partial charge in [0, 0.05) is 6.07 Å². The lowest BCUT2D eigenvalue weighted by Crippen LogP contribution is -2.31. The molecule has 0 aliphatic carbocycles. The number of carbonyl (C=O) groups is 1. The number of imidazole rings is 1. The van der Waals surface area contributed by atoms with Gasteiger partial charge in [-0.1, -0.05) is 17.3 Å². The monoisotopic (exact) mass is 285 g/mol. The second-order valence-electron chi connectivity index (χ2n) is 4.78. The number of para-hydroxylation sites is 2. The van der Waals surface area contributed by atoms with Crippen molar-refractivity contribution in [1.82, 2.24) is 20.4 Å². The number of aromatic amines is 1. The van der Waals surface area contributed by atoms with Crippen LogP contribution in [-0.4, -0.2) is 21.2 Å². The van der Waals surface area contributed by atoms with Crippen LogP contribution < -0.4 is 10.6 Å². The van der Waals surface area contributed by atoms with Crippen LogP contribution in [0.2, 0.25) is 0 Å². The highest BCUT2D eigenvalue weighted by Gasteiger charge is 2.14. The van der Waals surface area contributed by atoms with E-state index < -0.39 is 0 Å². The molecule has 0 spiro atoms. The van der Waals surface area contributed by atoms with Crippen molar-refractivity contribution in [2.75, 3.05) is 5.32 Å². The largest absolute Gasteiger partial charge is 0.360 e. The Hall–Kier alpha value is -2.83. The summed E-state index contributed by atoms with van der Waals surface area (Å²) < 4.78 is 4.88. The Labute approximate surface area is 120 Å². The average molecular weight is 285 g/mol. The summed E-state index contributed by atoms with van der Waals surface area (Å²) in [6.07, 6.45) is 0. The number of nitrogens with zero attached hydrogens (tertiary/aromatic N) is 2. The van der Waals surface area contributed by atoms with E-state index in [1.165, 1.54) is 0 Å². The minimum atomic E-state index is -0.365. The first-order chi connectivity index (χ1) is 10.1. The van der Waals surface area contributed by atoms with Gasteiger partial charge >= 0.3 is 6.03 Å². The highest BCUT2D eigenvalue weighted by molar-refractivity contribution is 5.88. The summed E-state index contributed by atoms with van der Waals surface area (Å²) in [6, 6.07) is 8.73. The molecule has 0 saturated heterocycles. The Balaban J connectivity index is 1.67. The van der Waals surface area contributed by atoms with Crippen LogP contribution in [0.25, 0.3) is 11.0 Å². The third-order valence-corrected chi connectivity index (χ3v) is 3.04. The van der Waals surface area contributed by atoms with Crippen molar-refractivity contribution < 1.29 is 9.32 Å². The van der Waals surface area contributed by atoms with Crippen molar-refractivity contribution in [3.05, 3.63) is 41.9 Å². The number of anilines is 1. The van der Waals surface area contributed by atoms with Crippen molar-refractivity contribution in [2.45, 2.75) is 19.9 Å². The van der Waals surface area contributed by atoms with Gasteiger partial charge in [-0.25, -0.2) is 9.78 Å². The van der Waals surface area contributed by atoms with Crippen molar-refractivity contribution in [1.29, 1.82) is 0 Å². The Bertz CT molecular complexity index is 743. The standard InChI is InChI=1S/C14H15N5O2/c1-8-7-12(19-21-8)18-14(20)15-9(2)13-16-10-5-3-4-6-11(10)17-13/h3-7,9H,1-2H3,(H,16,17)(H2,15,18,19,20). The molecule has 0 aliphatic heterocycles. The number of nitrogens with one attached hydrogen (secondary N) is 3. The van der Waals surface area contributed by atoms with E-state index in [1.807, 2.05) is 31.2 Å². The van der Waals surface area contributed by atoms with Gasteiger partial charge in [-0.15, -0.1) is 0 Å². The van der Waals surface area contributed by atoms with Gasteiger partial charge in [-0.3, -0.25) is 5.32 Å². The fourth-order valence-electron chi connectivity index (χ4n) is 2.02. The molecule has 2 amide bonds. The fourth-order valence-corrected chi connectivity index (χ4v) is 2.02. The minimum absolute atomic E-state index is 0.259. The first kappa shape index (κ1) is 13.2. The van der Waals surface area contributed by atoms with E-state index in [0.717, 1.165) is 11.0 Å². The lowest BCUT2D eigenvalue weighted by molar-refractivity contribution is 0.248. The molecular weight excluding hydrogens is 270 g/mol. The molecule has 0 fully saturated rings. The highest BCUT2D eigenvalue weighted by Crippen LogP contribution is 2.15. The predicted molar refractivity (Wildman–Crippen MR) is 77.9 cm³/mol. The van der Waals surface area contributed by atoms with Gasteiger partial charge in [-0.2, -0.15) is 0 Å². The zero-order valence-corrected chi connectivity index (χ0v) is 11.7. The van der Waals surface area contributed by atoms with E-state index in [1.54, 1.807) is 13.0 Å². The maximum absolute atomic E-state index is 11.9.